The Morgan fingerprint density at radius 1 is 1.36 bits per heavy atom. The van der Waals surface area contributed by atoms with Crippen molar-refractivity contribution in [1.82, 2.24) is 24.9 Å². The molecule has 0 spiro atoms. The van der Waals surface area contributed by atoms with Gasteiger partial charge in [0.2, 0.25) is 5.89 Å². The molecule has 6 nitrogen and oxygen atoms in total. The van der Waals surface area contributed by atoms with Gasteiger partial charge in [0.25, 0.3) is 0 Å². The van der Waals surface area contributed by atoms with Gasteiger partial charge in [-0.3, -0.25) is 14.8 Å². The molecular formula is C19H27N5O. The quantitative estimate of drug-likeness (QED) is 0.805. The number of hydrogen-bond acceptors (Lipinski definition) is 6. The third-order valence-electron chi connectivity index (χ3n) is 5.61. The average Bonchev–Trinajstić information content (AvgIpc) is 3.41. The average molecular weight is 341 g/mol. The monoisotopic (exact) mass is 341 g/mol. The molecule has 3 heterocycles. The van der Waals surface area contributed by atoms with Crippen molar-refractivity contribution in [2.45, 2.75) is 57.2 Å². The zero-order valence-electron chi connectivity index (χ0n) is 15.1. The molecule has 0 N–H and O–H groups in total. The van der Waals surface area contributed by atoms with Gasteiger partial charge < -0.3 is 4.52 Å². The third-order valence-corrected chi connectivity index (χ3v) is 5.61. The highest BCUT2D eigenvalue weighted by atomic mass is 16.5. The van der Waals surface area contributed by atoms with Crippen molar-refractivity contribution in [3.05, 3.63) is 41.8 Å². The van der Waals surface area contributed by atoms with E-state index in [9.17, 15) is 0 Å². The van der Waals surface area contributed by atoms with Gasteiger partial charge in [0.15, 0.2) is 5.82 Å². The Bertz CT molecular complexity index is 684. The number of hydrogen-bond donors (Lipinski definition) is 0. The predicted octanol–water partition coefficient (Wildman–Crippen LogP) is 3.00. The Labute approximate surface area is 149 Å². The van der Waals surface area contributed by atoms with E-state index in [4.69, 9.17) is 4.52 Å². The van der Waals surface area contributed by atoms with Gasteiger partial charge in [-0.05, 0) is 57.8 Å². The van der Waals surface area contributed by atoms with Crippen molar-refractivity contribution < 1.29 is 4.52 Å². The van der Waals surface area contributed by atoms with Crippen LogP contribution in [0.2, 0.25) is 0 Å². The van der Waals surface area contributed by atoms with Gasteiger partial charge in [-0.25, -0.2) is 0 Å². The Kier molecular flexibility index (Phi) is 4.81. The second kappa shape index (κ2) is 7.22. The first-order chi connectivity index (χ1) is 12.2. The first-order valence-corrected chi connectivity index (χ1v) is 9.37. The summed E-state index contributed by atoms with van der Waals surface area (Å²) in [6.45, 7) is 5.21. The van der Waals surface area contributed by atoms with E-state index >= 15 is 0 Å². The molecule has 0 aromatic carbocycles. The fraction of sp³-hybridized carbons (Fsp3) is 0.632. The summed E-state index contributed by atoms with van der Waals surface area (Å²) >= 11 is 0. The second-order valence-electron chi connectivity index (χ2n) is 7.48. The lowest BCUT2D eigenvalue weighted by Crippen LogP contribution is -2.46. The van der Waals surface area contributed by atoms with Crippen molar-refractivity contribution in [3.8, 4) is 0 Å². The first kappa shape index (κ1) is 16.7. The van der Waals surface area contributed by atoms with Crippen LogP contribution in [0.5, 0.6) is 0 Å². The van der Waals surface area contributed by atoms with E-state index in [0.29, 0.717) is 18.0 Å². The summed E-state index contributed by atoms with van der Waals surface area (Å²) in [5.74, 6) is 2.21. The maximum atomic E-state index is 5.40. The van der Waals surface area contributed by atoms with Crippen LogP contribution in [-0.2, 0) is 6.54 Å². The molecule has 2 aromatic rings. The fourth-order valence-corrected chi connectivity index (χ4v) is 3.71. The molecule has 1 saturated carbocycles. The summed E-state index contributed by atoms with van der Waals surface area (Å²) in [4.78, 5) is 13.8. The van der Waals surface area contributed by atoms with E-state index in [1.807, 2.05) is 18.5 Å². The molecule has 0 radical (unpaired) electrons. The van der Waals surface area contributed by atoms with Crippen molar-refractivity contribution >= 4 is 0 Å². The minimum absolute atomic E-state index is 0.366. The summed E-state index contributed by atoms with van der Waals surface area (Å²) in [5, 5.41) is 4.17. The molecule has 2 atom stereocenters. The third kappa shape index (κ3) is 3.90. The number of rotatable bonds is 6. The van der Waals surface area contributed by atoms with Crippen LogP contribution in [0, 0.1) is 0 Å². The highest BCUT2D eigenvalue weighted by Gasteiger charge is 2.31. The molecule has 1 aliphatic heterocycles. The standard InChI is InChI=1S/C19H27N5O/c1-14(16-5-3-9-20-11-16)23(2)17-6-4-10-24(12-17)13-18-21-19(25-22-18)15-7-8-15/h3,5,9,11,14-15,17H,4,6-8,10,12-13H2,1-2H3/t14-,17+/m1/s1. The molecule has 134 valence electrons. The Hall–Kier alpha value is -1.79. The SMILES string of the molecule is C[C@H](c1cccnc1)N(C)[C@H]1CCCN(Cc2noc(C3CC3)n2)C1. The molecule has 0 unspecified atom stereocenters. The normalized spacial score (nSPS) is 23.1. The summed E-state index contributed by atoms with van der Waals surface area (Å²) < 4.78 is 5.40. The van der Waals surface area contributed by atoms with Crippen LogP contribution < -0.4 is 0 Å². The van der Waals surface area contributed by atoms with Crippen LogP contribution in [0.3, 0.4) is 0 Å². The van der Waals surface area contributed by atoms with Gasteiger partial charge in [0.1, 0.15) is 0 Å². The maximum Gasteiger partial charge on any atom is 0.229 e. The van der Waals surface area contributed by atoms with Crippen LogP contribution >= 0.6 is 0 Å². The molecule has 1 aliphatic carbocycles. The molecule has 1 saturated heterocycles. The lowest BCUT2D eigenvalue weighted by atomic mass is 10.0. The number of nitrogens with zero attached hydrogens (tertiary/aromatic N) is 5. The summed E-state index contributed by atoms with van der Waals surface area (Å²) in [5.41, 5.74) is 1.27. The molecule has 2 aromatic heterocycles. The van der Waals surface area contributed by atoms with Gasteiger partial charge in [-0.1, -0.05) is 11.2 Å². The molecule has 2 fully saturated rings. The van der Waals surface area contributed by atoms with Crippen molar-refractivity contribution in [1.29, 1.82) is 0 Å². The van der Waals surface area contributed by atoms with Crippen LogP contribution in [-0.4, -0.2) is 51.1 Å². The van der Waals surface area contributed by atoms with Crippen LogP contribution in [0.1, 0.15) is 61.8 Å². The Morgan fingerprint density at radius 3 is 3.00 bits per heavy atom. The number of likely N-dealkylation sites (tertiary alicyclic amines) is 1. The minimum atomic E-state index is 0.366. The molecule has 4 rings (SSSR count). The van der Waals surface area contributed by atoms with E-state index in [1.54, 1.807) is 0 Å². The van der Waals surface area contributed by atoms with Crippen molar-refractivity contribution in [2.24, 2.45) is 0 Å². The smallest absolute Gasteiger partial charge is 0.229 e. The lowest BCUT2D eigenvalue weighted by Gasteiger charge is -2.40. The second-order valence-corrected chi connectivity index (χ2v) is 7.48. The van der Waals surface area contributed by atoms with E-state index in [0.717, 1.165) is 31.3 Å². The van der Waals surface area contributed by atoms with Crippen molar-refractivity contribution in [3.63, 3.8) is 0 Å². The summed E-state index contributed by atoms with van der Waals surface area (Å²) in [7, 11) is 2.23. The summed E-state index contributed by atoms with van der Waals surface area (Å²) in [6.07, 6.45) is 8.65. The molecule has 0 amide bonds. The Balaban J connectivity index is 1.36. The van der Waals surface area contributed by atoms with Crippen LogP contribution in [0.4, 0.5) is 0 Å². The Morgan fingerprint density at radius 2 is 2.24 bits per heavy atom. The van der Waals surface area contributed by atoms with Crippen LogP contribution in [0.15, 0.2) is 29.0 Å². The highest BCUT2D eigenvalue weighted by Crippen LogP contribution is 2.38. The fourth-order valence-electron chi connectivity index (χ4n) is 3.71. The van der Waals surface area contributed by atoms with Crippen molar-refractivity contribution in [2.75, 3.05) is 20.1 Å². The number of piperidine rings is 1. The minimum Gasteiger partial charge on any atom is -0.339 e. The predicted molar refractivity (Wildman–Crippen MR) is 95.0 cm³/mol. The number of likely N-dealkylation sites (N-methyl/N-ethyl adjacent to an activating group) is 1. The van der Waals surface area contributed by atoms with Gasteiger partial charge in [0.05, 0.1) is 6.54 Å². The van der Waals surface area contributed by atoms with Gasteiger partial charge in [-0.15, -0.1) is 0 Å². The van der Waals surface area contributed by atoms with Gasteiger partial charge in [0, 0.05) is 36.9 Å². The molecule has 6 heteroatoms. The van der Waals surface area contributed by atoms with Crippen LogP contribution in [0.25, 0.3) is 0 Å². The zero-order valence-corrected chi connectivity index (χ0v) is 15.1. The molecule has 2 aliphatic rings. The van der Waals surface area contributed by atoms with Gasteiger partial charge >= 0.3 is 0 Å². The molecular weight excluding hydrogens is 314 g/mol. The first-order valence-electron chi connectivity index (χ1n) is 9.37. The highest BCUT2D eigenvalue weighted by molar-refractivity contribution is 5.13. The summed E-state index contributed by atoms with van der Waals surface area (Å²) in [6, 6.07) is 5.08. The molecule has 0 bridgehead atoms. The van der Waals surface area contributed by atoms with E-state index in [-0.39, 0.29) is 0 Å². The largest absolute Gasteiger partial charge is 0.339 e. The van der Waals surface area contributed by atoms with E-state index in [1.165, 1.54) is 31.2 Å². The molecule has 25 heavy (non-hydrogen) atoms. The number of pyridine rings is 1. The van der Waals surface area contributed by atoms with Gasteiger partial charge in [-0.2, -0.15) is 4.98 Å². The topological polar surface area (TPSA) is 58.3 Å². The zero-order chi connectivity index (χ0) is 17.2. The van der Waals surface area contributed by atoms with E-state index in [2.05, 4.69) is 45.0 Å². The van der Waals surface area contributed by atoms with E-state index < -0.39 is 0 Å². The maximum absolute atomic E-state index is 5.40. The number of aromatic nitrogens is 3. The lowest BCUT2D eigenvalue weighted by molar-refractivity contribution is 0.0852.